The monoisotopic (exact) mass is 756 g/mol. The van der Waals surface area contributed by atoms with Gasteiger partial charge in [-0.1, -0.05) is 71.0 Å². The fraction of sp³-hybridized carbons (Fsp3) is 0.615. The van der Waals surface area contributed by atoms with Gasteiger partial charge >= 0.3 is 6.09 Å². The SMILES string of the molecule is C=CCCC(NC(=O)[C@@H]1C[C@@H](OC(C)(C)C)CN1C(=O)[C@@H](NC(=O)OCC(C)C)C(C)(C)C)C(=O)C(=O)NCC(=O)N[C@H](C(=O)N(C)C)c1ccccc1. The van der Waals surface area contributed by atoms with E-state index in [2.05, 4.69) is 27.8 Å². The van der Waals surface area contributed by atoms with Crippen molar-refractivity contribution < 1.29 is 43.0 Å². The zero-order chi connectivity index (χ0) is 41.0. The van der Waals surface area contributed by atoms with Gasteiger partial charge in [-0.05, 0) is 50.5 Å². The molecule has 1 fully saturated rings. The first-order valence-electron chi connectivity index (χ1n) is 18.3. The first-order valence-corrected chi connectivity index (χ1v) is 18.3. The van der Waals surface area contributed by atoms with Gasteiger partial charge in [0, 0.05) is 27.1 Å². The van der Waals surface area contributed by atoms with Crippen molar-refractivity contribution in [3.63, 3.8) is 0 Å². The summed E-state index contributed by atoms with van der Waals surface area (Å²) in [6.07, 6.45) is 0.563. The van der Waals surface area contributed by atoms with E-state index in [9.17, 15) is 33.6 Å². The van der Waals surface area contributed by atoms with Crippen LogP contribution in [0.3, 0.4) is 0 Å². The van der Waals surface area contributed by atoms with Crippen LogP contribution in [0, 0.1) is 11.3 Å². The number of likely N-dealkylation sites (N-methyl/N-ethyl adjacent to an activating group) is 1. The molecular formula is C39H60N6O9. The van der Waals surface area contributed by atoms with Crippen LogP contribution in [0.1, 0.15) is 86.3 Å². The van der Waals surface area contributed by atoms with Crippen LogP contribution in [-0.4, -0.2) is 115 Å². The highest BCUT2D eigenvalue weighted by Crippen LogP contribution is 2.29. The Morgan fingerprint density at radius 2 is 1.59 bits per heavy atom. The Balaban J connectivity index is 2.27. The van der Waals surface area contributed by atoms with E-state index in [-0.39, 0.29) is 38.3 Å². The van der Waals surface area contributed by atoms with Gasteiger partial charge < -0.3 is 40.5 Å². The van der Waals surface area contributed by atoms with Crippen LogP contribution in [0.25, 0.3) is 0 Å². The Bertz CT molecular complexity index is 1500. The minimum atomic E-state index is -1.33. The highest BCUT2D eigenvalue weighted by Gasteiger charge is 2.47. The summed E-state index contributed by atoms with van der Waals surface area (Å²) in [4.78, 5) is 95.9. The molecule has 54 heavy (non-hydrogen) atoms. The van der Waals surface area contributed by atoms with E-state index in [1.165, 1.54) is 15.9 Å². The minimum Gasteiger partial charge on any atom is -0.449 e. The number of Topliss-reactive ketones (excluding diaryl/α,β-unsaturated/α-hetero) is 1. The van der Waals surface area contributed by atoms with Crippen molar-refractivity contribution in [3.05, 3.63) is 48.6 Å². The number of allylic oxidation sites excluding steroid dienone is 1. The third-order valence-corrected chi connectivity index (χ3v) is 8.34. The molecule has 6 amide bonds. The van der Waals surface area contributed by atoms with Crippen molar-refractivity contribution in [1.29, 1.82) is 0 Å². The van der Waals surface area contributed by atoms with Crippen LogP contribution in [0.2, 0.25) is 0 Å². The van der Waals surface area contributed by atoms with E-state index < -0.39 is 89.2 Å². The van der Waals surface area contributed by atoms with Gasteiger partial charge in [-0.3, -0.25) is 28.8 Å². The molecule has 2 rings (SSSR count). The summed E-state index contributed by atoms with van der Waals surface area (Å²) >= 11 is 0. The molecule has 0 aromatic heterocycles. The van der Waals surface area contributed by atoms with Crippen molar-refractivity contribution in [2.24, 2.45) is 11.3 Å². The Kier molecular flexibility index (Phi) is 16.8. The standard InChI is InChI=1S/C39H60N6O9/c1-12-13-19-27(31(47)34(49)40-21-29(46)42-30(35(50)44(10)11)25-17-15-14-16-18-25)41-33(48)28-20-26(54-39(7,8)9)22-45(28)36(51)32(38(4,5)6)43-37(52)53-23-24(2)3/h12,14-18,24,26-28,30,32H,1,13,19-23H2,2-11H3,(H,40,49)(H,41,48)(H,42,46)(H,43,52)/t26-,27?,28+,30+,32-/m1/s1. The molecular weight excluding hydrogens is 696 g/mol. The molecule has 1 saturated heterocycles. The van der Waals surface area contributed by atoms with E-state index in [4.69, 9.17) is 9.47 Å². The molecule has 0 spiro atoms. The number of carbonyl (C=O) groups is 7. The first-order chi connectivity index (χ1) is 25.0. The zero-order valence-corrected chi connectivity index (χ0v) is 33.4. The normalized spacial score (nSPS) is 17.4. The Labute approximate surface area is 319 Å². The maximum atomic E-state index is 14.2. The molecule has 4 N–H and O–H groups in total. The topological polar surface area (TPSA) is 193 Å². The van der Waals surface area contributed by atoms with E-state index in [1.807, 2.05) is 34.6 Å². The van der Waals surface area contributed by atoms with Gasteiger partial charge in [0.2, 0.25) is 29.4 Å². The Hall–Kier alpha value is -4.79. The molecule has 1 aliphatic rings. The number of carbonyl (C=O) groups excluding carboxylic acids is 7. The largest absolute Gasteiger partial charge is 0.449 e. The number of likely N-dealkylation sites (tertiary alicyclic amines) is 1. The number of nitrogens with zero attached hydrogens (tertiary/aromatic N) is 2. The second-order valence-corrected chi connectivity index (χ2v) is 16.1. The molecule has 5 atom stereocenters. The fourth-order valence-corrected chi connectivity index (χ4v) is 5.72. The quantitative estimate of drug-likeness (QED) is 0.137. The molecule has 1 aromatic carbocycles. The van der Waals surface area contributed by atoms with Crippen molar-refractivity contribution in [3.8, 4) is 0 Å². The predicted octanol–water partition coefficient (Wildman–Crippen LogP) is 2.65. The molecule has 15 heteroatoms. The summed E-state index contributed by atoms with van der Waals surface area (Å²) in [5.74, 6) is -4.41. The van der Waals surface area contributed by atoms with Crippen LogP contribution in [-0.2, 0) is 38.2 Å². The second kappa shape index (κ2) is 20.0. The number of alkyl carbamates (subject to hydrolysis) is 1. The van der Waals surface area contributed by atoms with E-state index in [0.29, 0.717) is 5.56 Å². The first kappa shape index (κ1) is 45.4. The van der Waals surface area contributed by atoms with Gasteiger partial charge in [0.1, 0.15) is 18.1 Å². The summed E-state index contributed by atoms with van der Waals surface area (Å²) in [7, 11) is 3.09. The van der Waals surface area contributed by atoms with Crippen molar-refractivity contribution >= 4 is 41.4 Å². The third-order valence-electron chi connectivity index (χ3n) is 8.34. The summed E-state index contributed by atoms with van der Waals surface area (Å²) < 4.78 is 11.5. The lowest BCUT2D eigenvalue weighted by atomic mass is 9.85. The Morgan fingerprint density at radius 1 is 0.963 bits per heavy atom. The highest BCUT2D eigenvalue weighted by atomic mass is 16.5. The zero-order valence-electron chi connectivity index (χ0n) is 33.4. The highest BCUT2D eigenvalue weighted by molar-refractivity contribution is 6.38. The number of ketones is 1. The molecule has 1 aromatic rings. The molecule has 0 aliphatic carbocycles. The van der Waals surface area contributed by atoms with E-state index >= 15 is 0 Å². The van der Waals surface area contributed by atoms with Crippen LogP contribution in [0.15, 0.2) is 43.0 Å². The van der Waals surface area contributed by atoms with Gasteiger partial charge in [-0.2, -0.15) is 0 Å². The summed E-state index contributed by atoms with van der Waals surface area (Å²) in [5, 5.41) is 10.2. The number of benzene rings is 1. The molecule has 300 valence electrons. The summed E-state index contributed by atoms with van der Waals surface area (Å²) in [6, 6.07) is 4.03. The minimum absolute atomic E-state index is 0.0115. The molecule has 0 radical (unpaired) electrons. The maximum Gasteiger partial charge on any atom is 0.407 e. The molecule has 0 bridgehead atoms. The van der Waals surface area contributed by atoms with Gasteiger partial charge in [-0.15, -0.1) is 6.58 Å². The number of amides is 6. The lowest BCUT2D eigenvalue weighted by molar-refractivity contribution is -0.144. The van der Waals surface area contributed by atoms with Crippen molar-refractivity contribution in [2.75, 3.05) is 33.8 Å². The molecule has 0 saturated carbocycles. The molecule has 1 heterocycles. The third kappa shape index (κ3) is 14.2. The van der Waals surface area contributed by atoms with Gasteiger partial charge in [0.15, 0.2) is 0 Å². The smallest absolute Gasteiger partial charge is 0.407 e. The van der Waals surface area contributed by atoms with Crippen LogP contribution in [0.4, 0.5) is 4.79 Å². The Morgan fingerprint density at radius 3 is 2.13 bits per heavy atom. The van der Waals surface area contributed by atoms with Crippen molar-refractivity contribution in [2.45, 2.75) is 111 Å². The van der Waals surface area contributed by atoms with Crippen molar-refractivity contribution in [1.82, 2.24) is 31.1 Å². The lowest BCUT2D eigenvalue weighted by Crippen LogP contribution is -2.59. The van der Waals surface area contributed by atoms with Crippen LogP contribution >= 0.6 is 0 Å². The van der Waals surface area contributed by atoms with Crippen LogP contribution in [0.5, 0.6) is 0 Å². The van der Waals surface area contributed by atoms with Gasteiger partial charge in [0.25, 0.3) is 5.91 Å². The average Bonchev–Trinajstić information content (AvgIpc) is 3.50. The maximum absolute atomic E-state index is 14.2. The number of hydrogen-bond donors (Lipinski definition) is 4. The molecule has 1 unspecified atom stereocenters. The number of rotatable bonds is 17. The lowest BCUT2D eigenvalue weighted by Gasteiger charge is -2.35. The number of hydrogen-bond acceptors (Lipinski definition) is 9. The van der Waals surface area contributed by atoms with Crippen LogP contribution < -0.4 is 21.3 Å². The summed E-state index contributed by atoms with van der Waals surface area (Å²) in [5.41, 5.74) is -0.865. The van der Waals surface area contributed by atoms with E-state index in [1.54, 1.807) is 65.2 Å². The predicted molar refractivity (Wildman–Crippen MR) is 203 cm³/mol. The number of ether oxygens (including phenoxy) is 2. The average molecular weight is 757 g/mol. The molecule has 15 nitrogen and oxygen atoms in total. The summed E-state index contributed by atoms with van der Waals surface area (Å²) in [6.45, 7) is 17.9. The van der Waals surface area contributed by atoms with Gasteiger partial charge in [-0.25, -0.2) is 4.79 Å². The molecule has 1 aliphatic heterocycles. The fourth-order valence-electron chi connectivity index (χ4n) is 5.72. The van der Waals surface area contributed by atoms with E-state index in [0.717, 1.165) is 0 Å². The van der Waals surface area contributed by atoms with Gasteiger partial charge in [0.05, 0.1) is 30.9 Å². The number of nitrogens with one attached hydrogen (secondary N) is 4. The second-order valence-electron chi connectivity index (χ2n) is 16.1.